The maximum atomic E-state index is 8.63. The number of benzene rings is 1. The molecule has 6 nitrogen and oxygen atoms in total. The second kappa shape index (κ2) is 5.90. The summed E-state index contributed by atoms with van der Waals surface area (Å²) >= 11 is 0. The smallest absolute Gasteiger partial charge is 0.170 e. The Labute approximate surface area is 111 Å². The molecule has 100 valence electrons. The van der Waals surface area contributed by atoms with E-state index in [9.17, 15) is 0 Å². The molecule has 2 aromatic rings. The van der Waals surface area contributed by atoms with Crippen LogP contribution in [0.2, 0.25) is 0 Å². The lowest BCUT2D eigenvalue weighted by Crippen LogP contribution is -2.12. The highest BCUT2D eigenvalue weighted by Crippen LogP contribution is 2.15. The molecule has 0 fully saturated rings. The normalized spacial score (nSPS) is 11.5. The molecule has 0 saturated carbocycles. The van der Waals surface area contributed by atoms with Crippen molar-refractivity contribution < 1.29 is 9.94 Å². The molecule has 1 aromatic heterocycles. The van der Waals surface area contributed by atoms with Crippen molar-refractivity contribution in [1.82, 2.24) is 9.78 Å². The predicted molar refractivity (Wildman–Crippen MR) is 71.2 cm³/mol. The molecular weight excluding hydrogens is 244 g/mol. The van der Waals surface area contributed by atoms with Gasteiger partial charge in [0.25, 0.3) is 0 Å². The Bertz CT molecular complexity index is 578. The summed E-state index contributed by atoms with van der Waals surface area (Å²) in [4.78, 5) is 0. The zero-order chi connectivity index (χ0) is 13.7. The second-order valence-electron chi connectivity index (χ2n) is 4.01. The Morgan fingerprint density at radius 3 is 3.05 bits per heavy atom. The topological polar surface area (TPSA) is 85.7 Å². The van der Waals surface area contributed by atoms with E-state index in [2.05, 4.69) is 10.3 Å². The molecule has 19 heavy (non-hydrogen) atoms. The standard InChI is InChI=1S/C13H16N4O2/c1-2-17-8-10(7-15-17)9-19-12-5-3-4-11(6-12)13(14)16-18/h3-8,18H,2,9H2,1H3,(H2,14,16). The SMILES string of the molecule is CCn1cc(COc2cccc(C(N)=NO)c2)cn1. The fourth-order valence-corrected chi connectivity index (χ4v) is 1.62. The number of nitrogens with two attached hydrogens (primary N) is 1. The Morgan fingerprint density at radius 1 is 1.53 bits per heavy atom. The molecule has 0 saturated heterocycles. The number of ether oxygens (including phenoxy) is 1. The number of hydrogen-bond donors (Lipinski definition) is 2. The van der Waals surface area contributed by atoms with Gasteiger partial charge in [-0.05, 0) is 19.1 Å². The van der Waals surface area contributed by atoms with Crippen LogP contribution in [0.4, 0.5) is 0 Å². The zero-order valence-corrected chi connectivity index (χ0v) is 10.7. The molecular formula is C13H16N4O2. The third kappa shape index (κ3) is 3.25. The van der Waals surface area contributed by atoms with Crippen molar-refractivity contribution in [3.63, 3.8) is 0 Å². The van der Waals surface area contributed by atoms with Crippen molar-refractivity contribution in [3.05, 3.63) is 47.8 Å². The van der Waals surface area contributed by atoms with Crippen molar-refractivity contribution in [2.24, 2.45) is 10.9 Å². The second-order valence-corrected chi connectivity index (χ2v) is 4.01. The third-order valence-corrected chi connectivity index (χ3v) is 2.65. The number of oxime groups is 1. The average molecular weight is 260 g/mol. The van der Waals surface area contributed by atoms with Crippen molar-refractivity contribution in [2.75, 3.05) is 0 Å². The van der Waals surface area contributed by atoms with Crippen molar-refractivity contribution in [1.29, 1.82) is 0 Å². The van der Waals surface area contributed by atoms with Gasteiger partial charge in [-0.15, -0.1) is 0 Å². The highest BCUT2D eigenvalue weighted by Gasteiger charge is 2.03. The van der Waals surface area contributed by atoms with E-state index in [0.29, 0.717) is 17.9 Å². The molecule has 0 aliphatic heterocycles. The van der Waals surface area contributed by atoms with Crippen LogP contribution in [-0.4, -0.2) is 20.8 Å². The van der Waals surface area contributed by atoms with Crippen LogP contribution in [0, 0.1) is 0 Å². The largest absolute Gasteiger partial charge is 0.489 e. The van der Waals surface area contributed by atoms with E-state index in [1.165, 1.54) is 0 Å². The van der Waals surface area contributed by atoms with Crippen LogP contribution in [0.15, 0.2) is 41.8 Å². The van der Waals surface area contributed by atoms with Gasteiger partial charge in [0.2, 0.25) is 0 Å². The van der Waals surface area contributed by atoms with Gasteiger partial charge in [0.15, 0.2) is 5.84 Å². The molecule has 3 N–H and O–H groups in total. The van der Waals surface area contributed by atoms with Crippen molar-refractivity contribution in [3.8, 4) is 5.75 Å². The lowest BCUT2D eigenvalue weighted by atomic mass is 10.2. The van der Waals surface area contributed by atoms with Gasteiger partial charge in [0, 0.05) is 23.9 Å². The summed E-state index contributed by atoms with van der Waals surface area (Å²) in [5.41, 5.74) is 7.13. The summed E-state index contributed by atoms with van der Waals surface area (Å²) in [5, 5.41) is 15.8. The summed E-state index contributed by atoms with van der Waals surface area (Å²) < 4.78 is 7.48. The number of aryl methyl sites for hydroxylation is 1. The average Bonchev–Trinajstić information content (AvgIpc) is 2.92. The summed E-state index contributed by atoms with van der Waals surface area (Å²) in [6.07, 6.45) is 3.71. The molecule has 6 heteroatoms. The zero-order valence-electron chi connectivity index (χ0n) is 10.7. The van der Waals surface area contributed by atoms with Gasteiger partial charge in [-0.25, -0.2) is 0 Å². The molecule has 1 heterocycles. The van der Waals surface area contributed by atoms with Gasteiger partial charge in [-0.1, -0.05) is 17.3 Å². The monoisotopic (exact) mass is 260 g/mol. The minimum absolute atomic E-state index is 0.0595. The number of aromatic nitrogens is 2. The first-order chi connectivity index (χ1) is 9.22. The quantitative estimate of drug-likeness (QED) is 0.370. The minimum Gasteiger partial charge on any atom is -0.489 e. The number of nitrogens with zero attached hydrogens (tertiary/aromatic N) is 3. The fraction of sp³-hybridized carbons (Fsp3) is 0.231. The van der Waals surface area contributed by atoms with E-state index in [0.717, 1.165) is 12.1 Å². The number of hydrogen-bond acceptors (Lipinski definition) is 4. The van der Waals surface area contributed by atoms with Crippen LogP contribution < -0.4 is 10.5 Å². The first kappa shape index (κ1) is 12.9. The highest BCUT2D eigenvalue weighted by atomic mass is 16.5. The van der Waals surface area contributed by atoms with Crippen LogP contribution in [0.25, 0.3) is 0 Å². The summed E-state index contributed by atoms with van der Waals surface area (Å²) in [6, 6.07) is 7.08. The van der Waals surface area contributed by atoms with Crippen molar-refractivity contribution >= 4 is 5.84 Å². The lowest BCUT2D eigenvalue weighted by Gasteiger charge is -2.06. The fourth-order valence-electron chi connectivity index (χ4n) is 1.62. The third-order valence-electron chi connectivity index (χ3n) is 2.65. The molecule has 0 amide bonds. The van der Waals surface area contributed by atoms with E-state index in [1.54, 1.807) is 24.4 Å². The van der Waals surface area contributed by atoms with E-state index < -0.39 is 0 Å². The van der Waals surface area contributed by atoms with Gasteiger partial charge in [0.1, 0.15) is 12.4 Å². The molecule has 0 aliphatic rings. The first-order valence-electron chi connectivity index (χ1n) is 5.95. The van der Waals surface area contributed by atoms with Gasteiger partial charge >= 0.3 is 0 Å². The van der Waals surface area contributed by atoms with Gasteiger partial charge in [-0.3, -0.25) is 4.68 Å². The molecule has 0 radical (unpaired) electrons. The van der Waals surface area contributed by atoms with Crippen LogP contribution in [0.5, 0.6) is 5.75 Å². The van der Waals surface area contributed by atoms with Crippen LogP contribution in [-0.2, 0) is 13.2 Å². The predicted octanol–water partition coefficient (Wildman–Crippen LogP) is 1.58. The molecule has 0 unspecified atom stereocenters. The van der Waals surface area contributed by atoms with Crippen molar-refractivity contribution in [2.45, 2.75) is 20.1 Å². The first-order valence-corrected chi connectivity index (χ1v) is 5.95. The van der Waals surface area contributed by atoms with E-state index in [4.69, 9.17) is 15.7 Å². The molecule has 1 aromatic carbocycles. The lowest BCUT2D eigenvalue weighted by molar-refractivity contribution is 0.306. The molecule has 0 spiro atoms. The Balaban J connectivity index is 2.03. The summed E-state index contributed by atoms with van der Waals surface area (Å²) in [5.74, 6) is 0.720. The molecule has 0 atom stereocenters. The Morgan fingerprint density at radius 2 is 2.37 bits per heavy atom. The minimum atomic E-state index is 0.0595. The van der Waals surface area contributed by atoms with E-state index >= 15 is 0 Å². The van der Waals surface area contributed by atoms with E-state index in [-0.39, 0.29) is 5.84 Å². The Kier molecular flexibility index (Phi) is 4.02. The molecule has 0 bridgehead atoms. The van der Waals surface area contributed by atoms with Crippen LogP contribution in [0.1, 0.15) is 18.1 Å². The van der Waals surface area contributed by atoms with Crippen LogP contribution >= 0.6 is 0 Å². The Hall–Kier alpha value is -2.50. The van der Waals surface area contributed by atoms with Gasteiger partial charge in [-0.2, -0.15) is 5.10 Å². The molecule has 0 aliphatic carbocycles. The van der Waals surface area contributed by atoms with Crippen LogP contribution in [0.3, 0.4) is 0 Å². The number of rotatable bonds is 5. The highest BCUT2D eigenvalue weighted by molar-refractivity contribution is 5.97. The summed E-state index contributed by atoms with van der Waals surface area (Å²) in [7, 11) is 0. The maximum absolute atomic E-state index is 8.63. The maximum Gasteiger partial charge on any atom is 0.170 e. The van der Waals surface area contributed by atoms with Gasteiger partial charge in [0.05, 0.1) is 6.20 Å². The summed E-state index contributed by atoms with van der Waals surface area (Å²) in [6.45, 7) is 3.29. The molecule has 2 rings (SSSR count). The van der Waals surface area contributed by atoms with E-state index in [1.807, 2.05) is 23.9 Å². The van der Waals surface area contributed by atoms with Gasteiger partial charge < -0.3 is 15.7 Å². The number of amidine groups is 1.